The molecule has 9 heteroatoms. The number of rotatable bonds is 6. The maximum absolute atomic E-state index is 11.4. The van der Waals surface area contributed by atoms with Crippen LogP contribution in [0.1, 0.15) is 22.4 Å². The third-order valence-corrected chi connectivity index (χ3v) is 5.80. The van der Waals surface area contributed by atoms with Crippen molar-refractivity contribution < 1.29 is 19.4 Å². The molecular weight excluding hydrogens is 404 g/mol. The number of ether oxygens (including phenoxy) is 2. The third kappa shape index (κ3) is 3.81. The standard InChI is InChI=1S/C21H20N4O4S/c1-11-18-15(13(9-26)8-23-11)7-16-20(29-18)24-19(25-21(16)30-10-17(22)27)12-3-5-14(28-2)6-4-12/h3-6,8,26H,7,9-10H2,1-2H3,(H2,22,27). The maximum atomic E-state index is 11.4. The molecule has 0 atom stereocenters. The van der Waals surface area contributed by atoms with Gasteiger partial charge in [-0.25, -0.2) is 4.98 Å². The van der Waals surface area contributed by atoms with Crippen LogP contribution in [0.25, 0.3) is 11.4 Å². The summed E-state index contributed by atoms with van der Waals surface area (Å²) in [5.41, 5.74) is 9.14. The first kappa shape index (κ1) is 20.1. The minimum atomic E-state index is -0.438. The second-order valence-electron chi connectivity index (χ2n) is 6.73. The number of carbonyl (C=O) groups excluding carboxylic acids is 1. The predicted molar refractivity (Wildman–Crippen MR) is 112 cm³/mol. The van der Waals surface area contributed by atoms with E-state index in [-0.39, 0.29) is 12.4 Å². The second-order valence-corrected chi connectivity index (χ2v) is 7.70. The molecule has 1 aromatic carbocycles. The number of methoxy groups -OCH3 is 1. The predicted octanol–water partition coefficient (Wildman–Crippen LogP) is 2.62. The number of aromatic nitrogens is 3. The van der Waals surface area contributed by atoms with Gasteiger partial charge in [0.15, 0.2) is 11.6 Å². The molecule has 0 saturated heterocycles. The average Bonchev–Trinajstić information content (AvgIpc) is 2.76. The van der Waals surface area contributed by atoms with Gasteiger partial charge in [-0.15, -0.1) is 0 Å². The highest BCUT2D eigenvalue weighted by Crippen LogP contribution is 2.42. The number of carbonyl (C=O) groups is 1. The molecule has 3 N–H and O–H groups in total. The summed E-state index contributed by atoms with van der Waals surface area (Å²) in [7, 11) is 1.60. The van der Waals surface area contributed by atoms with E-state index in [9.17, 15) is 9.90 Å². The van der Waals surface area contributed by atoms with Crippen molar-refractivity contribution in [1.29, 1.82) is 0 Å². The molecule has 3 heterocycles. The Morgan fingerprint density at radius 2 is 2.03 bits per heavy atom. The van der Waals surface area contributed by atoms with Crippen LogP contribution in [-0.4, -0.2) is 38.8 Å². The van der Waals surface area contributed by atoms with Crippen LogP contribution in [0.2, 0.25) is 0 Å². The Hall–Kier alpha value is -3.17. The lowest BCUT2D eigenvalue weighted by Gasteiger charge is -2.24. The molecule has 3 aromatic rings. The van der Waals surface area contributed by atoms with E-state index in [0.717, 1.165) is 22.4 Å². The molecule has 1 aliphatic rings. The SMILES string of the molecule is COc1ccc(-c2nc3c(c(SCC(N)=O)n2)Cc2c(CO)cnc(C)c2O3)cc1. The van der Waals surface area contributed by atoms with Crippen LogP contribution >= 0.6 is 11.8 Å². The number of primary amides is 1. The van der Waals surface area contributed by atoms with E-state index in [1.807, 2.05) is 31.2 Å². The highest BCUT2D eigenvalue weighted by atomic mass is 32.2. The summed E-state index contributed by atoms with van der Waals surface area (Å²) in [5.74, 6) is 1.85. The molecule has 0 unspecified atom stereocenters. The zero-order valence-electron chi connectivity index (χ0n) is 16.5. The van der Waals surface area contributed by atoms with E-state index >= 15 is 0 Å². The van der Waals surface area contributed by atoms with Gasteiger partial charge in [0.1, 0.15) is 10.8 Å². The van der Waals surface area contributed by atoms with E-state index in [1.165, 1.54) is 11.8 Å². The number of hydrogen-bond donors (Lipinski definition) is 2. The summed E-state index contributed by atoms with van der Waals surface area (Å²) in [6.07, 6.45) is 2.11. The fraction of sp³-hybridized carbons (Fsp3) is 0.238. The summed E-state index contributed by atoms with van der Waals surface area (Å²) in [6.45, 7) is 1.70. The number of amides is 1. The molecule has 154 valence electrons. The zero-order chi connectivity index (χ0) is 21.3. The normalized spacial score (nSPS) is 12.0. The van der Waals surface area contributed by atoms with Gasteiger partial charge in [0, 0.05) is 29.3 Å². The molecule has 1 aliphatic heterocycles. The van der Waals surface area contributed by atoms with Gasteiger partial charge in [0.05, 0.1) is 30.7 Å². The lowest BCUT2D eigenvalue weighted by Crippen LogP contribution is -2.15. The van der Waals surface area contributed by atoms with Crippen LogP contribution in [0.5, 0.6) is 17.4 Å². The number of nitrogens with two attached hydrogens (primary N) is 1. The van der Waals surface area contributed by atoms with Crippen molar-refractivity contribution in [3.05, 3.63) is 52.8 Å². The molecule has 0 bridgehead atoms. The minimum absolute atomic E-state index is 0.0839. The number of pyridine rings is 1. The number of nitrogens with zero attached hydrogens (tertiary/aromatic N) is 3. The number of aliphatic hydroxyl groups excluding tert-OH is 1. The highest BCUT2D eigenvalue weighted by molar-refractivity contribution is 7.99. The Balaban J connectivity index is 1.82. The number of hydrogen-bond acceptors (Lipinski definition) is 8. The van der Waals surface area contributed by atoms with Crippen molar-refractivity contribution in [2.75, 3.05) is 12.9 Å². The number of aryl methyl sites for hydroxylation is 1. The van der Waals surface area contributed by atoms with Gasteiger partial charge < -0.3 is 20.3 Å². The number of fused-ring (bicyclic) bond motifs is 2. The monoisotopic (exact) mass is 424 g/mol. The number of aliphatic hydroxyl groups is 1. The van der Waals surface area contributed by atoms with Crippen LogP contribution in [0, 0.1) is 6.92 Å². The average molecular weight is 424 g/mol. The lowest BCUT2D eigenvalue weighted by atomic mass is 9.99. The van der Waals surface area contributed by atoms with E-state index < -0.39 is 5.91 Å². The van der Waals surface area contributed by atoms with Crippen molar-refractivity contribution >= 4 is 17.7 Å². The van der Waals surface area contributed by atoms with E-state index in [1.54, 1.807) is 13.3 Å². The molecule has 0 fully saturated rings. The van der Waals surface area contributed by atoms with Crippen LogP contribution in [-0.2, 0) is 17.8 Å². The Kier molecular flexibility index (Phi) is 5.56. The van der Waals surface area contributed by atoms with Gasteiger partial charge in [0.25, 0.3) is 0 Å². The van der Waals surface area contributed by atoms with Crippen molar-refractivity contribution in [2.45, 2.75) is 25.0 Å². The molecule has 0 saturated carbocycles. The van der Waals surface area contributed by atoms with Crippen LogP contribution in [0.15, 0.2) is 35.5 Å². The Morgan fingerprint density at radius 3 is 2.70 bits per heavy atom. The van der Waals surface area contributed by atoms with E-state index in [0.29, 0.717) is 40.2 Å². The van der Waals surface area contributed by atoms with Gasteiger partial charge in [-0.2, -0.15) is 4.98 Å². The van der Waals surface area contributed by atoms with Gasteiger partial charge in [-0.1, -0.05) is 11.8 Å². The first-order valence-corrected chi connectivity index (χ1v) is 10.2. The fourth-order valence-corrected chi connectivity index (χ4v) is 3.99. The van der Waals surface area contributed by atoms with E-state index in [4.69, 9.17) is 15.2 Å². The van der Waals surface area contributed by atoms with Crippen molar-refractivity contribution in [1.82, 2.24) is 15.0 Å². The Labute approximate surface area is 177 Å². The maximum Gasteiger partial charge on any atom is 0.227 e. The molecule has 8 nitrogen and oxygen atoms in total. The van der Waals surface area contributed by atoms with Gasteiger partial charge in [-0.05, 0) is 31.2 Å². The smallest absolute Gasteiger partial charge is 0.227 e. The lowest BCUT2D eigenvalue weighted by molar-refractivity contribution is -0.115. The first-order valence-electron chi connectivity index (χ1n) is 9.22. The molecular formula is C21H20N4O4S. The quantitative estimate of drug-likeness (QED) is 0.358. The molecule has 1 amide bonds. The number of thioether (sulfide) groups is 1. The largest absolute Gasteiger partial charge is 0.497 e. The fourth-order valence-electron chi connectivity index (χ4n) is 3.22. The molecule has 0 aliphatic carbocycles. The van der Waals surface area contributed by atoms with Crippen molar-refractivity contribution in [2.24, 2.45) is 5.73 Å². The third-order valence-electron chi connectivity index (χ3n) is 4.76. The molecule has 30 heavy (non-hydrogen) atoms. The Bertz CT molecular complexity index is 1120. The number of benzene rings is 1. The van der Waals surface area contributed by atoms with Gasteiger partial charge in [0.2, 0.25) is 11.8 Å². The highest BCUT2D eigenvalue weighted by Gasteiger charge is 2.27. The second kappa shape index (κ2) is 8.29. The topological polar surface area (TPSA) is 120 Å². The summed E-state index contributed by atoms with van der Waals surface area (Å²) < 4.78 is 11.3. The summed E-state index contributed by atoms with van der Waals surface area (Å²) >= 11 is 1.24. The van der Waals surface area contributed by atoms with E-state index in [2.05, 4.69) is 15.0 Å². The van der Waals surface area contributed by atoms with Crippen LogP contribution < -0.4 is 15.2 Å². The minimum Gasteiger partial charge on any atom is -0.497 e. The summed E-state index contributed by atoms with van der Waals surface area (Å²) in [6, 6.07) is 7.37. The molecule has 2 aromatic heterocycles. The first-order chi connectivity index (χ1) is 14.5. The van der Waals surface area contributed by atoms with Crippen molar-refractivity contribution in [3.8, 4) is 28.8 Å². The van der Waals surface area contributed by atoms with Crippen molar-refractivity contribution in [3.63, 3.8) is 0 Å². The molecule has 0 radical (unpaired) electrons. The van der Waals surface area contributed by atoms with Gasteiger partial charge in [-0.3, -0.25) is 9.78 Å². The summed E-state index contributed by atoms with van der Waals surface area (Å²) in [5, 5.41) is 10.3. The summed E-state index contributed by atoms with van der Waals surface area (Å²) in [4.78, 5) is 25.0. The zero-order valence-corrected chi connectivity index (χ0v) is 17.3. The molecule has 4 rings (SSSR count). The Morgan fingerprint density at radius 1 is 1.27 bits per heavy atom. The van der Waals surface area contributed by atoms with Crippen LogP contribution in [0.3, 0.4) is 0 Å². The molecule has 0 spiro atoms. The van der Waals surface area contributed by atoms with Gasteiger partial charge >= 0.3 is 0 Å². The van der Waals surface area contributed by atoms with Crippen LogP contribution in [0.4, 0.5) is 0 Å².